The van der Waals surface area contributed by atoms with Crippen LogP contribution < -0.4 is 20.7 Å². The lowest BCUT2D eigenvalue weighted by Crippen LogP contribution is -2.29. The smallest absolute Gasteiger partial charge is 0.161 e. The molecule has 0 bridgehead atoms. The van der Waals surface area contributed by atoms with Crippen LogP contribution in [-0.2, 0) is 0 Å². The second kappa shape index (κ2) is 5.67. The van der Waals surface area contributed by atoms with Crippen molar-refractivity contribution in [1.29, 1.82) is 0 Å². The SMILES string of the molecule is NNC(c1ccc2c(c1)OCCO2)c1ccc(F)cc1F. The third-order valence-electron chi connectivity index (χ3n) is 3.34. The van der Waals surface area contributed by atoms with E-state index in [0.717, 1.165) is 6.07 Å². The van der Waals surface area contributed by atoms with Gasteiger partial charge in [0.15, 0.2) is 11.5 Å². The fourth-order valence-electron chi connectivity index (χ4n) is 2.34. The van der Waals surface area contributed by atoms with Crippen molar-refractivity contribution in [2.45, 2.75) is 6.04 Å². The van der Waals surface area contributed by atoms with Gasteiger partial charge in [-0.25, -0.2) is 14.2 Å². The number of hydrogen-bond acceptors (Lipinski definition) is 4. The van der Waals surface area contributed by atoms with E-state index in [0.29, 0.717) is 30.3 Å². The molecule has 2 aromatic carbocycles. The molecular weight excluding hydrogens is 278 g/mol. The third-order valence-corrected chi connectivity index (χ3v) is 3.34. The lowest BCUT2D eigenvalue weighted by Gasteiger charge is -2.22. The van der Waals surface area contributed by atoms with Crippen molar-refractivity contribution in [3.63, 3.8) is 0 Å². The summed E-state index contributed by atoms with van der Waals surface area (Å²) in [6.45, 7) is 0.958. The summed E-state index contributed by atoms with van der Waals surface area (Å²) in [7, 11) is 0. The molecule has 4 nitrogen and oxygen atoms in total. The van der Waals surface area contributed by atoms with Crippen LogP contribution in [0.3, 0.4) is 0 Å². The van der Waals surface area contributed by atoms with Crippen LogP contribution in [-0.4, -0.2) is 13.2 Å². The van der Waals surface area contributed by atoms with E-state index in [4.69, 9.17) is 15.3 Å². The first kappa shape index (κ1) is 13.8. The Morgan fingerprint density at radius 1 is 1.00 bits per heavy atom. The van der Waals surface area contributed by atoms with Crippen LogP contribution in [0.2, 0.25) is 0 Å². The van der Waals surface area contributed by atoms with Gasteiger partial charge >= 0.3 is 0 Å². The maximum Gasteiger partial charge on any atom is 0.161 e. The molecular formula is C15H14F2N2O2. The molecule has 3 N–H and O–H groups in total. The zero-order valence-electron chi connectivity index (χ0n) is 11.1. The summed E-state index contributed by atoms with van der Waals surface area (Å²) in [5.74, 6) is 5.47. The molecule has 3 rings (SSSR count). The number of rotatable bonds is 3. The largest absolute Gasteiger partial charge is 0.486 e. The molecule has 0 saturated carbocycles. The van der Waals surface area contributed by atoms with E-state index < -0.39 is 17.7 Å². The van der Waals surface area contributed by atoms with Gasteiger partial charge in [0.2, 0.25) is 0 Å². The van der Waals surface area contributed by atoms with Crippen LogP contribution in [0.5, 0.6) is 11.5 Å². The summed E-state index contributed by atoms with van der Waals surface area (Å²) in [5, 5.41) is 0. The minimum atomic E-state index is -0.659. The predicted octanol–water partition coefficient (Wildman–Crippen LogP) is 2.29. The molecule has 0 aromatic heterocycles. The molecule has 0 aliphatic carbocycles. The van der Waals surface area contributed by atoms with E-state index >= 15 is 0 Å². The topological polar surface area (TPSA) is 56.5 Å². The summed E-state index contributed by atoms with van der Waals surface area (Å²) in [5.41, 5.74) is 3.50. The Kier molecular flexibility index (Phi) is 3.72. The number of fused-ring (bicyclic) bond motifs is 1. The molecule has 0 spiro atoms. The average molecular weight is 292 g/mol. The lowest BCUT2D eigenvalue weighted by atomic mass is 9.98. The van der Waals surface area contributed by atoms with Crippen molar-refractivity contribution in [2.24, 2.45) is 5.84 Å². The minimum absolute atomic E-state index is 0.260. The highest BCUT2D eigenvalue weighted by atomic mass is 19.1. The van der Waals surface area contributed by atoms with E-state index in [-0.39, 0.29) is 5.56 Å². The van der Waals surface area contributed by atoms with Crippen molar-refractivity contribution in [2.75, 3.05) is 13.2 Å². The van der Waals surface area contributed by atoms with Gasteiger partial charge in [0.1, 0.15) is 24.8 Å². The van der Waals surface area contributed by atoms with E-state index in [2.05, 4.69) is 5.43 Å². The second-order valence-corrected chi connectivity index (χ2v) is 4.67. The fourth-order valence-corrected chi connectivity index (χ4v) is 2.34. The van der Waals surface area contributed by atoms with Gasteiger partial charge in [-0.15, -0.1) is 0 Å². The van der Waals surface area contributed by atoms with Crippen molar-refractivity contribution in [3.8, 4) is 11.5 Å². The predicted molar refractivity (Wildman–Crippen MR) is 73.0 cm³/mol. The summed E-state index contributed by atoms with van der Waals surface area (Å²) < 4.78 is 37.9. The van der Waals surface area contributed by atoms with E-state index in [1.165, 1.54) is 12.1 Å². The molecule has 1 aliphatic heterocycles. The fraction of sp³-hybridized carbons (Fsp3) is 0.200. The molecule has 0 radical (unpaired) electrons. The monoisotopic (exact) mass is 292 g/mol. The highest BCUT2D eigenvalue weighted by Crippen LogP contribution is 2.34. The Labute approximate surface area is 120 Å². The number of ether oxygens (including phenoxy) is 2. The highest BCUT2D eigenvalue weighted by molar-refractivity contribution is 5.46. The van der Waals surface area contributed by atoms with E-state index in [9.17, 15) is 8.78 Å². The van der Waals surface area contributed by atoms with Gasteiger partial charge in [-0.2, -0.15) is 0 Å². The number of hydrazine groups is 1. The molecule has 0 amide bonds. The molecule has 6 heteroatoms. The Hall–Kier alpha value is -2.18. The minimum Gasteiger partial charge on any atom is -0.486 e. The first-order chi connectivity index (χ1) is 10.2. The first-order valence-electron chi connectivity index (χ1n) is 6.49. The first-order valence-corrected chi connectivity index (χ1v) is 6.49. The standard InChI is InChI=1S/C15H14F2N2O2/c16-10-2-3-11(12(17)8-10)15(19-18)9-1-4-13-14(7-9)21-6-5-20-13/h1-4,7-8,15,19H,5-6,18H2. The van der Waals surface area contributed by atoms with Crippen molar-refractivity contribution in [1.82, 2.24) is 5.43 Å². The van der Waals surface area contributed by atoms with E-state index in [1.807, 2.05) is 0 Å². The highest BCUT2D eigenvalue weighted by Gasteiger charge is 2.20. The number of nitrogens with one attached hydrogen (secondary N) is 1. The molecule has 1 unspecified atom stereocenters. The molecule has 1 aliphatic rings. The number of halogens is 2. The van der Waals surface area contributed by atoms with Crippen molar-refractivity contribution >= 4 is 0 Å². The normalized spacial score (nSPS) is 14.8. The Morgan fingerprint density at radius 3 is 2.48 bits per heavy atom. The van der Waals surface area contributed by atoms with Gasteiger partial charge < -0.3 is 9.47 Å². The summed E-state index contributed by atoms with van der Waals surface area (Å²) >= 11 is 0. The molecule has 110 valence electrons. The van der Waals surface area contributed by atoms with Crippen LogP contribution in [0.4, 0.5) is 8.78 Å². The van der Waals surface area contributed by atoms with Gasteiger partial charge in [0.05, 0.1) is 6.04 Å². The van der Waals surface area contributed by atoms with Crippen molar-refractivity contribution < 1.29 is 18.3 Å². The van der Waals surface area contributed by atoms with Gasteiger partial charge in [-0.05, 0) is 23.8 Å². The van der Waals surface area contributed by atoms with Gasteiger partial charge in [-0.3, -0.25) is 5.84 Å². The number of hydrogen-bond donors (Lipinski definition) is 2. The maximum absolute atomic E-state index is 13.9. The number of benzene rings is 2. The van der Waals surface area contributed by atoms with Gasteiger partial charge in [-0.1, -0.05) is 12.1 Å². The van der Waals surface area contributed by atoms with Crippen LogP contribution in [0.15, 0.2) is 36.4 Å². The zero-order chi connectivity index (χ0) is 14.8. The Morgan fingerprint density at radius 2 is 1.76 bits per heavy atom. The second-order valence-electron chi connectivity index (χ2n) is 4.67. The van der Waals surface area contributed by atoms with E-state index in [1.54, 1.807) is 18.2 Å². The quantitative estimate of drug-likeness (QED) is 0.673. The van der Waals surface area contributed by atoms with Crippen molar-refractivity contribution in [3.05, 3.63) is 59.2 Å². The molecule has 0 saturated heterocycles. The van der Waals surface area contributed by atoms with Crippen LogP contribution >= 0.6 is 0 Å². The molecule has 1 heterocycles. The third kappa shape index (κ3) is 2.68. The molecule has 0 fully saturated rings. The molecule has 2 aromatic rings. The summed E-state index contributed by atoms with van der Waals surface area (Å²) in [6.07, 6.45) is 0. The lowest BCUT2D eigenvalue weighted by molar-refractivity contribution is 0.171. The van der Waals surface area contributed by atoms with Crippen LogP contribution in [0.25, 0.3) is 0 Å². The van der Waals surface area contributed by atoms with Crippen LogP contribution in [0, 0.1) is 11.6 Å². The molecule has 1 atom stereocenters. The summed E-state index contributed by atoms with van der Waals surface area (Å²) in [4.78, 5) is 0. The summed E-state index contributed by atoms with van der Waals surface area (Å²) in [6, 6.07) is 8.03. The average Bonchev–Trinajstić information content (AvgIpc) is 2.50. The Bertz CT molecular complexity index is 664. The Balaban J connectivity index is 1.99. The number of nitrogens with two attached hydrogens (primary N) is 1. The molecule has 21 heavy (non-hydrogen) atoms. The zero-order valence-corrected chi connectivity index (χ0v) is 11.1. The van der Waals surface area contributed by atoms with Gasteiger partial charge in [0.25, 0.3) is 0 Å². The maximum atomic E-state index is 13.9. The van der Waals surface area contributed by atoms with Crippen LogP contribution in [0.1, 0.15) is 17.2 Å². The van der Waals surface area contributed by atoms with Gasteiger partial charge in [0, 0.05) is 11.6 Å².